The van der Waals surface area contributed by atoms with Crippen molar-refractivity contribution in [1.29, 1.82) is 10.5 Å². The number of hydrogen-bond acceptors (Lipinski definition) is 4. The van der Waals surface area contributed by atoms with Gasteiger partial charge in [-0.2, -0.15) is 10.5 Å². The third-order valence-electron chi connectivity index (χ3n) is 6.80. The molecule has 0 saturated heterocycles. The van der Waals surface area contributed by atoms with Gasteiger partial charge in [-0.3, -0.25) is 0 Å². The second kappa shape index (κ2) is 13.3. The van der Waals surface area contributed by atoms with Gasteiger partial charge in [0, 0.05) is 12.8 Å². The van der Waals surface area contributed by atoms with Crippen molar-refractivity contribution in [2.75, 3.05) is 28.2 Å². The van der Waals surface area contributed by atoms with Gasteiger partial charge in [0.05, 0.1) is 20.2 Å². The lowest BCUT2D eigenvalue weighted by atomic mass is 9.70. The molecule has 4 nitrogen and oxygen atoms in total. The molecule has 31 heavy (non-hydrogen) atoms. The standard InChI is InChI=1S/C25H45BN4Si/c1-8-11-14-31(15-12-9-2,16-13-10-3)20-24-18-25(21-27,22-28)17-23(24)19-26(29(4)5)30(6)7/h19-20H,8-18H2,1-7H3. The van der Waals surface area contributed by atoms with Gasteiger partial charge >= 0.3 is 6.98 Å². The van der Waals surface area contributed by atoms with Crippen LogP contribution in [0.5, 0.6) is 0 Å². The fourth-order valence-corrected chi connectivity index (χ4v) is 10.3. The van der Waals surface area contributed by atoms with E-state index in [1.807, 2.05) is 0 Å². The molecule has 1 rings (SSSR count). The fraction of sp³-hybridized carbons (Fsp3) is 0.760. The third kappa shape index (κ3) is 7.94. The van der Waals surface area contributed by atoms with Crippen LogP contribution in [0.15, 0.2) is 22.8 Å². The number of rotatable bonds is 13. The van der Waals surface area contributed by atoms with Crippen LogP contribution in [0.3, 0.4) is 0 Å². The molecule has 0 atom stereocenters. The Balaban J connectivity index is 3.55. The van der Waals surface area contributed by atoms with E-state index in [9.17, 15) is 10.5 Å². The van der Waals surface area contributed by atoms with E-state index < -0.39 is 13.5 Å². The average Bonchev–Trinajstić information content (AvgIpc) is 3.10. The minimum absolute atomic E-state index is 0.157. The fourth-order valence-electron chi connectivity index (χ4n) is 4.92. The third-order valence-corrected chi connectivity index (χ3v) is 11.8. The van der Waals surface area contributed by atoms with Gasteiger partial charge in [-0.05, 0) is 28.2 Å². The lowest BCUT2D eigenvalue weighted by Gasteiger charge is -2.30. The van der Waals surface area contributed by atoms with Gasteiger partial charge in [-0.25, -0.2) is 0 Å². The maximum Gasteiger partial charge on any atom is 0.338 e. The van der Waals surface area contributed by atoms with Crippen LogP contribution < -0.4 is 0 Å². The number of nitrogens with zero attached hydrogens (tertiary/aromatic N) is 4. The summed E-state index contributed by atoms with van der Waals surface area (Å²) < 4.78 is 0. The van der Waals surface area contributed by atoms with Gasteiger partial charge in [0.15, 0.2) is 5.41 Å². The highest BCUT2D eigenvalue weighted by molar-refractivity contribution is 6.84. The van der Waals surface area contributed by atoms with Crippen molar-refractivity contribution < 1.29 is 0 Å². The first kappa shape index (κ1) is 27.7. The van der Waals surface area contributed by atoms with E-state index in [-0.39, 0.29) is 6.98 Å². The number of allylic oxidation sites excluding steroid dienone is 2. The van der Waals surface area contributed by atoms with Crippen LogP contribution in [0.2, 0.25) is 18.1 Å². The van der Waals surface area contributed by atoms with Gasteiger partial charge < -0.3 is 9.62 Å². The number of nitriles is 2. The van der Waals surface area contributed by atoms with Crippen LogP contribution in [-0.4, -0.2) is 52.9 Å². The molecule has 172 valence electrons. The number of hydrogen-bond donors (Lipinski definition) is 0. The molecule has 1 aliphatic carbocycles. The van der Waals surface area contributed by atoms with E-state index in [2.05, 4.69) is 82.4 Å². The lowest BCUT2D eigenvalue weighted by molar-refractivity contribution is 0.528. The van der Waals surface area contributed by atoms with Crippen LogP contribution >= 0.6 is 0 Å². The zero-order chi connectivity index (χ0) is 23.5. The van der Waals surface area contributed by atoms with E-state index in [1.54, 1.807) is 0 Å². The molecule has 1 fully saturated rings. The molecule has 1 aliphatic rings. The second-order valence-electron chi connectivity index (χ2n) is 10.0. The highest BCUT2D eigenvalue weighted by atomic mass is 28.3. The molecular formula is C25H45BN4Si. The Morgan fingerprint density at radius 1 is 0.839 bits per heavy atom. The maximum atomic E-state index is 9.89. The summed E-state index contributed by atoms with van der Waals surface area (Å²) in [5.41, 5.74) is 4.31. The van der Waals surface area contributed by atoms with Gasteiger partial charge in [-0.1, -0.05) is 100 Å². The van der Waals surface area contributed by atoms with Crippen molar-refractivity contribution in [1.82, 2.24) is 9.62 Å². The summed E-state index contributed by atoms with van der Waals surface area (Å²) in [6.45, 7) is 7.04. The first-order chi connectivity index (χ1) is 14.7. The van der Waals surface area contributed by atoms with Crippen molar-refractivity contribution >= 4 is 15.1 Å². The molecule has 0 aliphatic heterocycles. The van der Waals surface area contributed by atoms with Gasteiger partial charge in [0.1, 0.15) is 0 Å². The van der Waals surface area contributed by atoms with Gasteiger partial charge in [-0.15, -0.1) is 0 Å². The molecule has 0 unspecified atom stereocenters. The molecule has 0 aromatic heterocycles. The predicted molar refractivity (Wildman–Crippen MR) is 137 cm³/mol. The smallest absolute Gasteiger partial charge is 0.330 e. The summed E-state index contributed by atoms with van der Waals surface area (Å²) in [7, 11) is 6.74. The summed E-state index contributed by atoms with van der Waals surface area (Å²) >= 11 is 0. The predicted octanol–water partition coefficient (Wildman–Crippen LogP) is 6.21. The van der Waals surface area contributed by atoms with E-state index in [1.165, 1.54) is 67.8 Å². The molecule has 0 radical (unpaired) electrons. The van der Waals surface area contributed by atoms with E-state index in [0.717, 1.165) is 0 Å². The summed E-state index contributed by atoms with van der Waals surface area (Å²) in [5, 5.41) is 19.8. The zero-order valence-electron chi connectivity index (χ0n) is 21.3. The lowest BCUT2D eigenvalue weighted by Crippen LogP contribution is -2.44. The summed E-state index contributed by atoms with van der Waals surface area (Å²) in [4.78, 5) is 4.39. The summed E-state index contributed by atoms with van der Waals surface area (Å²) in [6.07, 6.45) is 8.75. The molecule has 0 N–H and O–H groups in total. The highest BCUT2D eigenvalue weighted by Crippen LogP contribution is 2.46. The van der Waals surface area contributed by atoms with Crippen LogP contribution in [0, 0.1) is 28.1 Å². The summed E-state index contributed by atoms with van der Waals surface area (Å²) in [5.74, 6) is 2.31. The summed E-state index contributed by atoms with van der Waals surface area (Å²) in [6, 6.07) is 8.79. The molecule has 6 heteroatoms. The minimum Gasteiger partial charge on any atom is -0.330 e. The zero-order valence-corrected chi connectivity index (χ0v) is 22.3. The molecule has 0 spiro atoms. The van der Waals surface area contributed by atoms with Crippen molar-refractivity contribution in [2.24, 2.45) is 5.41 Å². The molecule has 0 aromatic rings. The molecule has 0 aromatic carbocycles. The van der Waals surface area contributed by atoms with Crippen LogP contribution in [0.25, 0.3) is 0 Å². The Kier molecular flexibility index (Phi) is 11.9. The van der Waals surface area contributed by atoms with Crippen LogP contribution in [-0.2, 0) is 0 Å². The van der Waals surface area contributed by atoms with Crippen molar-refractivity contribution in [3.63, 3.8) is 0 Å². The van der Waals surface area contributed by atoms with E-state index in [4.69, 9.17) is 0 Å². The largest absolute Gasteiger partial charge is 0.338 e. The normalized spacial score (nSPS) is 18.7. The van der Waals surface area contributed by atoms with Gasteiger partial charge in [0.25, 0.3) is 0 Å². The Labute approximate surface area is 194 Å². The molecule has 0 amide bonds. The topological polar surface area (TPSA) is 54.1 Å². The van der Waals surface area contributed by atoms with Crippen molar-refractivity contribution in [2.45, 2.75) is 90.3 Å². The minimum atomic E-state index is -1.61. The molecule has 0 heterocycles. The molecule has 1 saturated carbocycles. The average molecular weight is 441 g/mol. The SMILES string of the molecule is CCCC[Si](C=C1CC(C#N)(C#N)CC1=CB(N(C)C)N(C)C)(CCCC)CCCC. The Morgan fingerprint density at radius 2 is 1.26 bits per heavy atom. The van der Waals surface area contributed by atoms with Crippen LogP contribution in [0.4, 0.5) is 0 Å². The monoisotopic (exact) mass is 440 g/mol. The molecule has 0 bridgehead atoms. The second-order valence-corrected chi connectivity index (χ2v) is 14.5. The first-order valence-corrected chi connectivity index (χ1v) is 15.0. The molecular weight excluding hydrogens is 395 g/mol. The first-order valence-electron chi connectivity index (χ1n) is 12.3. The Hall–Kier alpha value is -1.34. The maximum absolute atomic E-state index is 9.89. The van der Waals surface area contributed by atoms with Crippen LogP contribution in [0.1, 0.15) is 72.1 Å². The highest BCUT2D eigenvalue weighted by Gasteiger charge is 2.42. The quantitative estimate of drug-likeness (QED) is 0.320. The Morgan fingerprint density at radius 3 is 1.61 bits per heavy atom. The van der Waals surface area contributed by atoms with Gasteiger partial charge in [0.2, 0.25) is 0 Å². The Bertz CT molecular complexity index is 656. The van der Waals surface area contributed by atoms with Crippen molar-refractivity contribution in [3.8, 4) is 12.1 Å². The van der Waals surface area contributed by atoms with Crippen molar-refractivity contribution in [3.05, 3.63) is 22.8 Å². The number of unbranched alkanes of at least 4 members (excludes halogenated alkanes) is 3. The van der Waals surface area contributed by atoms with E-state index >= 15 is 0 Å². The van der Waals surface area contributed by atoms with E-state index in [0.29, 0.717) is 12.8 Å².